The van der Waals surface area contributed by atoms with Gasteiger partial charge in [-0.25, -0.2) is 35.5 Å². The molecule has 22 heteroatoms. The van der Waals surface area contributed by atoms with Gasteiger partial charge in [0, 0.05) is 56.6 Å². The van der Waals surface area contributed by atoms with Gasteiger partial charge in [-0.05, 0) is 138 Å². The monoisotopic (exact) mass is 1010 g/mol. The molecule has 0 aliphatic carbocycles. The fraction of sp³-hybridized carbons (Fsp3) is 0.212. The van der Waals surface area contributed by atoms with Gasteiger partial charge in [0.15, 0.2) is 5.78 Å². The molecule has 6 rings (SSSR count). The molecule has 0 aromatic carbocycles. The number of Topliss-reactive ketones (excluding diaryl/α,β-unsaturated/α-hetero) is 1. The van der Waals surface area contributed by atoms with Gasteiger partial charge in [-0.3, -0.25) is 31.7 Å². The Labute approximate surface area is 348 Å². The Bertz CT molecular complexity index is 2330. The van der Waals surface area contributed by atoms with Crippen molar-refractivity contribution < 1.29 is 18.4 Å². The van der Waals surface area contributed by atoms with Crippen LogP contribution in [0.2, 0.25) is 0 Å². The summed E-state index contributed by atoms with van der Waals surface area (Å²) in [7, 11) is 1.53. The van der Waals surface area contributed by atoms with Crippen LogP contribution in [0.4, 0.5) is 0 Å². The van der Waals surface area contributed by atoms with E-state index < -0.39 is 11.5 Å². The zero-order valence-electron chi connectivity index (χ0n) is 29.4. The molecule has 6 aromatic rings. The molecule has 0 aliphatic rings. The number of nitrogen functional groups attached to an aromatic ring is 1. The second-order valence-corrected chi connectivity index (χ2v) is 13.9. The van der Waals surface area contributed by atoms with E-state index in [-0.39, 0.29) is 30.9 Å². The first-order valence-electron chi connectivity index (χ1n) is 14.9. The van der Waals surface area contributed by atoms with Crippen molar-refractivity contribution >= 4 is 75.4 Å². The van der Waals surface area contributed by atoms with Crippen molar-refractivity contribution in [1.29, 1.82) is 0 Å². The minimum atomic E-state index is -0.581. The summed E-state index contributed by atoms with van der Waals surface area (Å²) in [6.45, 7) is 9.16. The molecule has 0 saturated carbocycles. The quantitative estimate of drug-likeness (QED) is 0.0625. The van der Waals surface area contributed by atoms with Crippen LogP contribution in [0.15, 0.2) is 85.4 Å². The van der Waals surface area contributed by atoms with Gasteiger partial charge in [0.25, 0.3) is 17.7 Å². The first-order chi connectivity index (χ1) is 25.5. The van der Waals surface area contributed by atoms with E-state index in [2.05, 4.69) is 111 Å². The van der Waals surface area contributed by atoms with Crippen LogP contribution in [0.1, 0.15) is 57.6 Å². The van der Waals surface area contributed by atoms with Crippen LogP contribution in [-0.2, 0) is 7.05 Å². The number of rotatable bonds is 4. The van der Waals surface area contributed by atoms with E-state index in [1.807, 2.05) is 33.1 Å². The third-order valence-electron chi connectivity index (χ3n) is 6.48. The zero-order valence-corrected chi connectivity index (χ0v) is 35.8. The molecule has 8 N–H and O–H groups in total. The van der Waals surface area contributed by atoms with Crippen LogP contribution in [0.5, 0.6) is 0 Å². The van der Waals surface area contributed by atoms with Crippen molar-refractivity contribution in [2.75, 3.05) is 0 Å². The number of hydrogen-bond donors (Lipinski definition) is 5. The number of H-pyrrole nitrogens is 1. The number of amides is 1. The number of nitrogens with one attached hydrogen (secondary N) is 2. The SMILES string of the molecule is C.CC(=O)c1cc(C)c(Br)cn1.Cc1cc(-c2n[nH]c(=O)o2)ncc1Br.Cc1cc(-c2nn(C)c(=O)o2)ncc1Br.Cc1cc(C(=O)NN)ncc1Br.NN. The van der Waals surface area contributed by atoms with E-state index in [0.717, 1.165) is 44.8 Å². The first kappa shape index (κ1) is 48.4. The first-order valence-corrected chi connectivity index (χ1v) is 18.1. The van der Waals surface area contributed by atoms with Gasteiger partial charge in [-0.1, -0.05) is 7.43 Å². The summed E-state index contributed by atoms with van der Waals surface area (Å²) in [4.78, 5) is 59.5. The fourth-order valence-electron chi connectivity index (χ4n) is 3.57. The van der Waals surface area contributed by atoms with Crippen molar-refractivity contribution in [1.82, 2.24) is 45.3 Å². The molecule has 0 fully saturated rings. The smallest absolute Gasteiger partial charge is 0.386 e. The number of nitrogens with two attached hydrogens (primary N) is 3. The Morgan fingerprint density at radius 2 is 1.13 bits per heavy atom. The maximum absolute atomic E-state index is 11.1. The molecule has 0 radical (unpaired) electrons. The van der Waals surface area contributed by atoms with Gasteiger partial charge < -0.3 is 8.83 Å². The maximum atomic E-state index is 11.1. The topological polar surface area (TPSA) is 283 Å². The van der Waals surface area contributed by atoms with E-state index in [0.29, 0.717) is 22.8 Å². The summed E-state index contributed by atoms with van der Waals surface area (Å²) in [5.41, 5.74) is 7.92. The van der Waals surface area contributed by atoms with Gasteiger partial charge in [0.05, 0.1) is 0 Å². The average molecular weight is 1020 g/mol. The lowest BCUT2D eigenvalue weighted by Crippen LogP contribution is -2.30. The highest BCUT2D eigenvalue weighted by Crippen LogP contribution is 2.21. The fourth-order valence-corrected chi connectivity index (χ4v) is 4.44. The Hall–Kier alpha value is -4.58. The number of carbonyl (C=O) groups is 2. The number of ketones is 1. The normalized spacial score (nSPS) is 9.69. The largest absolute Gasteiger partial charge is 0.437 e. The maximum Gasteiger partial charge on any atom is 0.437 e. The van der Waals surface area contributed by atoms with Crippen LogP contribution < -0.4 is 34.5 Å². The molecule has 0 atom stereocenters. The summed E-state index contributed by atoms with van der Waals surface area (Å²) in [6.07, 6.45) is 6.50. The molecule has 0 bridgehead atoms. The van der Waals surface area contributed by atoms with Gasteiger partial charge in [-0.2, -0.15) is 4.68 Å². The highest BCUT2D eigenvalue weighted by Gasteiger charge is 2.11. The van der Waals surface area contributed by atoms with E-state index >= 15 is 0 Å². The number of hydrazine groups is 2. The molecule has 55 heavy (non-hydrogen) atoms. The predicted molar refractivity (Wildman–Crippen MR) is 220 cm³/mol. The lowest BCUT2D eigenvalue weighted by molar-refractivity contribution is 0.0947. The van der Waals surface area contributed by atoms with Gasteiger partial charge in [0.2, 0.25) is 0 Å². The number of halogens is 4. The summed E-state index contributed by atoms with van der Waals surface area (Å²) in [5, 5.41) is 9.76. The standard InChI is InChI=1S/C9H8BrN3O2.C8H6BrN3O2.C8H8BrNO.C7H8BrN3O.CH4.H4N2/c1-5-3-7(11-4-6(5)10)8-12-13(2)9(14)15-8;1-4-2-6(10-3-5(4)9)7-11-12-8(13)14-7;1-5-3-8(6(2)11)10-4-7(5)9;1-4-2-6(7(12)11-9)10-3-5(4)8;;1-2/h3-4H,1-2H3;2-3H,1H3,(H,12,13);3-4H,1-2H3;2-3H,9H2,1H3,(H,11,12);1H4;1-2H2. The highest BCUT2D eigenvalue weighted by atomic mass is 79.9. The number of hydrogen-bond acceptors (Lipinski definition) is 15. The Morgan fingerprint density at radius 1 is 0.709 bits per heavy atom. The van der Waals surface area contributed by atoms with Crippen molar-refractivity contribution in [2.24, 2.45) is 24.6 Å². The Balaban J connectivity index is 0.000000361. The second kappa shape index (κ2) is 23.4. The summed E-state index contributed by atoms with van der Waals surface area (Å²) in [5.74, 6) is 11.9. The predicted octanol–water partition coefficient (Wildman–Crippen LogP) is 5.57. The van der Waals surface area contributed by atoms with Crippen LogP contribution in [0, 0.1) is 27.7 Å². The minimum Gasteiger partial charge on any atom is -0.386 e. The number of aromatic nitrogens is 8. The molecule has 0 unspecified atom stereocenters. The lowest BCUT2D eigenvalue weighted by Gasteiger charge is -2.00. The molecule has 0 spiro atoms. The molecule has 0 saturated heterocycles. The number of nitrogens with zero attached hydrogens (tertiary/aromatic N) is 7. The summed E-state index contributed by atoms with van der Waals surface area (Å²) < 4.78 is 14.4. The lowest BCUT2D eigenvalue weighted by atomic mass is 10.2. The molecule has 0 aliphatic heterocycles. The van der Waals surface area contributed by atoms with E-state index in [1.54, 1.807) is 49.1 Å². The van der Waals surface area contributed by atoms with Crippen LogP contribution in [0.3, 0.4) is 0 Å². The van der Waals surface area contributed by atoms with Gasteiger partial charge in [0.1, 0.15) is 22.8 Å². The third-order valence-corrected chi connectivity index (χ3v) is 9.80. The number of carbonyl (C=O) groups excluding carboxylic acids is 2. The molecular formula is C33H38Br4N12O6. The summed E-state index contributed by atoms with van der Waals surface area (Å²) >= 11 is 13.2. The number of aromatic amines is 1. The van der Waals surface area contributed by atoms with E-state index in [9.17, 15) is 19.2 Å². The molecule has 294 valence electrons. The van der Waals surface area contributed by atoms with Crippen LogP contribution >= 0.6 is 63.7 Å². The van der Waals surface area contributed by atoms with Crippen molar-refractivity contribution in [3.8, 4) is 23.2 Å². The zero-order chi connectivity index (χ0) is 40.7. The van der Waals surface area contributed by atoms with Crippen molar-refractivity contribution in [2.45, 2.75) is 42.0 Å². The average Bonchev–Trinajstić information content (AvgIpc) is 3.74. The van der Waals surface area contributed by atoms with Gasteiger partial charge in [-0.15, -0.1) is 10.2 Å². The minimum absolute atomic E-state index is 0. The van der Waals surface area contributed by atoms with Crippen LogP contribution in [0.25, 0.3) is 23.2 Å². The molecule has 1 amide bonds. The van der Waals surface area contributed by atoms with Gasteiger partial charge >= 0.3 is 11.5 Å². The Kier molecular flexibility index (Phi) is 20.6. The van der Waals surface area contributed by atoms with Crippen molar-refractivity contribution in [3.05, 3.63) is 122 Å². The molecule has 6 aromatic heterocycles. The Morgan fingerprint density at radius 3 is 1.49 bits per heavy atom. The van der Waals surface area contributed by atoms with E-state index in [1.165, 1.54) is 14.0 Å². The van der Waals surface area contributed by atoms with E-state index in [4.69, 9.17) is 14.7 Å². The number of pyridine rings is 4. The third kappa shape index (κ3) is 14.9. The summed E-state index contributed by atoms with van der Waals surface area (Å²) in [6, 6.07) is 7.01. The van der Waals surface area contributed by atoms with Crippen molar-refractivity contribution in [3.63, 3.8) is 0 Å². The molecule has 6 heterocycles. The molecule has 18 nitrogen and oxygen atoms in total. The second-order valence-electron chi connectivity index (χ2n) is 10.5. The number of aryl methyl sites for hydroxylation is 5. The van der Waals surface area contributed by atoms with Crippen LogP contribution in [-0.4, -0.2) is 51.6 Å². The molecular weight excluding hydrogens is 980 g/mol. The highest BCUT2D eigenvalue weighted by molar-refractivity contribution is 9.11.